The van der Waals surface area contributed by atoms with Crippen LogP contribution in [0.25, 0.3) is 0 Å². The van der Waals surface area contributed by atoms with Crippen LogP contribution in [0.1, 0.15) is 49.4 Å². The second-order valence-electron chi connectivity index (χ2n) is 5.29. The number of ether oxygens (including phenoxy) is 1. The van der Waals surface area contributed by atoms with Gasteiger partial charge in [-0.05, 0) is 33.1 Å². The van der Waals surface area contributed by atoms with Crippen molar-refractivity contribution in [1.29, 1.82) is 0 Å². The van der Waals surface area contributed by atoms with Gasteiger partial charge in [0.2, 0.25) is 5.91 Å². The lowest BCUT2D eigenvalue weighted by Crippen LogP contribution is -2.52. The molecule has 1 aromatic rings. The molecule has 3 N–H and O–H groups in total. The maximum absolute atomic E-state index is 11.9. The minimum atomic E-state index is -1.06. The molecular formula is C13H19N3O4. The fourth-order valence-electron chi connectivity index (χ4n) is 2.17. The summed E-state index contributed by atoms with van der Waals surface area (Å²) in [6, 6.07) is 0. The second-order valence-corrected chi connectivity index (χ2v) is 5.29. The van der Waals surface area contributed by atoms with Gasteiger partial charge in [0, 0.05) is 0 Å². The number of carbonyl (C=O) groups excluding carboxylic acids is 1. The van der Waals surface area contributed by atoms with Crippen LogP contribution in [0.15, 0.2) is 6.20 Å². The number of nitrogens with one attached hydrogen (secondary N) is 2. The number of carboxylic acids is 1. The Morgan fingerprint density at radius 3 is 2.70 bits per heavy atom. The first-order valence-corrected chi connectivity index (χ1v) is 6.64. The molecule has 20 heavy (non-hydrogen) atoms. The highest BCUT2D eigenvalue weighted by atomic mass is 16.5. The summed E-state index contributed by atoms with van der Waals surface area (Å²) in [7, 11) is 0. The van der Waals surface area contributed by atoms with E-state index in [9.17, 15) is 9.59 Å². The predicted molar refractivity (Wildman–Crippen MR) is 70.3 cm³/mol. The molecule has 0 saturated heterocycles. The van der Waals surface area contributed by atoms with Crippen LogP contribution in [0.5, 0.6) is 0 Å². The molecule has 1 amide bonds. The van der Waals surface area contributed by atoms with Crippen LogP contribution in [0.2, 0.25) is 0 Å². The molecule has 110 valence electrons. The molecule has 0 atom stereocenters. The van der Waals surface area contributed by atoms with Gasteiger partial charge in [0.15, 0.2) is 0 Å². The van der Waals surface area contributed by atoms with Gasteiger partial charge in [-0.1, -0.05) is 0 Å². The highest BCUT2D eigenvalue weighted by Crippen LogP contribution is 2.39. The van der Waals surface area contributed by atoms with Crippen molar-refractivity contribution in [2.24, 2.45) is 0 Å². The van der Waals surface area contributed by atoms with Crippen LogP contribution in [0.4, 0.5) is 0 Å². The van der Waals surface area contributed by atoms with Crippen LogP contribution in [0.3, 0.4) is 0 Å². The second kappa shape index (κ2) is 5.62. The van der Waals surface area contributed by atoms with E-state index in [1.54, 1.807) is 0 Å². The Balaban J connectivity index is 2.05. The fourth-order valence-corrected chi connectivity index (χ4v) is 2.17. The quantitative estimate of drug-likeness (QED) is 0.722. The standard InChI is InChI=1S/C13H19N3O4/c1-8(2)20-7-10(17)16-13(4-3-5-13)12-14-6-9(15-12)11(18)19/h6,8H,3-5,7H2,1-2H3,(H,14,15)(H,16,17)(H,18,19). The van der Waals surface area contributed by atoms with Crippen LogP contribution >= 0.6 is 0 Å². The molecule has 7 heteroatoms. The monoisotopic (exact) mass is 281 g/mol. The molecule has 1 aliphatic rings. The van der Waals surface area contributed by atoms with Crippen molar-refractivity contribution in [1.82, 2.24) is 15.3 Å². The molecule has 1 saturated carbocycles. The molecule has 0 aliphatic heterocycles. The van der Waals surface area contributed by atoms with E-state index in [1.807, 2.05) is 13.8 Å². The van der Waals surface area contributed by atoms with E-state index >= 15 is 0 Å². The van der Waals surface area contributed by atoms with Gasteiger partial charge in [0.1, 0.15) is 18.1 Å². The van der Waals surface area contributed by atoms with E-state index in [-0.39, 0.29) is 24.3 Å². The number of aromatic amines is 1. The van der Waals surface area contributed by atoms with Crippen molar-refractivity contribution in [2.45, 2.75) is 44.8 Å². The van der Waals surface area contributed by atoms with E-state index in [1.165, 1.54) is 6.20 Å². The number of aromatic nitrogens is 2. The first-order chi connectivity index (χ1) is 9.43. The number of amides is 1. The summed E-state index contributed by atoms with van der Waals surface area (Å²) >= 11 is 0. The Morgan fingerprint density at radius 1 is 1.55 bits per heavy atom. The van der Waals surface area contributed by atoms with Crippen LogP contribution < -0.4 is 5.32 Å². The summed E-state index contributed by atoms with van der Waals surface area (Å²) in [5, 5.41) is 11.8. The van der Waals surface area contributed by atoms with Gasteiger partial charge in [-0.25, -0.2) is 9.78 Å². The van der Waals surface area contributed by atoms with Crippen molar-refractivity contribution in [3.05, 3.63) is 17.7 Å². The summed E-state index contributed by atoms with van der Waals surface area (Å²) in [5.74, 6) is -0.779. The van der Waals surface area contributed by atoms with Gasteiger partial charge >= 0.3 is 5.97 Å². The number of aromatic carboxylic acids is 1. The highest BCUT2D eigenvalue weighted by molar-refractivity contribution is 5.85. The minimum absolute atomic E-state index is 0.00802. The van der Waals surface area contributed by atoms with E-state index < -0.39 is 11.5 Å². The molecular weight excluding hydrogens is 262 g/mol. The summed E-state index contributed by atoms with van der Waals surface area (Å²) in [6.07, 6.45) is 3.71. The molecule has 1 fully saturated rings. The van der Waals surface area contributed by atoms with E-state index in [2.05, 4.69) is 15.3 Å². The Labute approximate surface area is 116 Å². The first kappa shape index (κ1) is 14.5. The number of nitrogens with zero attached hydrogens (tertiary/aromatic N) is 1. The smallest absolute Gasteiger partial charge is 0.353 e. The van der Waals surface area contributed by atoms with Crippen molar-refractivity contribution in [3.63, 3.8) is 0 Å². The number of hydrogen-bond donors (Lipinski definition) is 3. The van der Waals surface area contributed by atoms with Crippen molar-refractivity contribution >= 4 is 11.9 Å². The Hall–Kier alpha value is -1.89. The molecule has 0 aromatic carbocycles. The molecule has 2 rings (SSSR count). The number of carboxylic acid groups (broad SMARTS) is 1. The Kier molecular flexibility index (Phi) is 4.08. The zero-order valence-corrected chi connectivity index (χ0v) is 11.6. The maximum atomic E-state index is 11.9. The molecule has 7 nitrogen and oxygen atoms in total. The highest BCUT2D eigenvalue weighted by Gasteiger charge is 2.42. The Bertz CT molecular complexity index is 505. The summed E-state index contributed by atoms with van der Waals surface area (Å²) < 4.78 is 5.26. The number of hydrogen-bond acceptors (Lipinski definition) is 4. The maximum Gasteiger partial charge on any atom is 0.353 e. The molecule has 1 heterocycles. The average Bonchev–Trinajstić information content (AvgIpc) is 2.81. The van der Waals surface area contributed by atoms with E-state index in [4.69, 9.17) is 9.84 Å². The topological polar surface area (TPSA) is 104 Å². The third-order valence-corrected chi connectivity index (χ3v) is 3.39. The van der Waals surface area contributed by atoms with Crippen molar-refractivity contribution in [3.8, 4) is 0 Å². The van der Waals surface area contributed by atoms with E-state index in [0.29, 0.717) is 5.82 Å². The zero-order chi connectivity index (χ0) is 14.8. The van der Waals surface area contributed by atoms with Crippen LogP contribution in [-0.4, -0.2) is 39.7 Å². The Morgan fingerprint density at radius 2 is 2.25 bits per heavy atom. The lowest BCUT2D eigenvalue weighted by Gasteiger charge is -2.40. The predicted octanol–water partition coefficient (Wildman–Crippen LogP) is 1.03. The summed E-state index contributed by atoms with van der Waals surface area (Å²) in [6.45, 7) is 3.71. The van der Waals surface area contributed by atoms with Crippen molar-refractivity contribution in [2.75, 3.05) is 6.61 Å². The lowest BCUT2D eigenvalue weighted by atomic mass is 9.76. The third kappa shape index (κ3) is 2.98. The van der Waals surface area contributed by atoms with Gasteiger partial charge in [0.05, 0.1) is 17.8 Å². The van der Waals surface area contributed by atoms with Gasteiger partial charge in [-0.2, -0.15) is 0 Å². The normalized spacial score (nSPS) is 16.8. The third-order valence-electron chi connectivity index (χ3n) is 3.39. The molecule has 0 spiro atoms. The minimum Gasteiger partial charge on any atom is -0.477 e. The van der Waals surface area contributed by atoms with E-state index in [0.717, 1.165) is 19.3 Å². The molecule has 0 unspecified atom stereocenters. The molecule has 1 aromatic heterocycles. The van der Waals surface area contributed by atoms with Crippen molar-refractivity contribution < 1.29 is 19.4 Å². The molecule has 1 aliphatic carbocycles. The van der Waals surface area contributed by atoms with Crippen LogP contribution in [-0.2, 0) is 15.1 Å². The molecule has 0 bridgehead atoms. The first-order valence-electron chi connectivity index (χ1n) is 6.64. The van der Waals surface area contributed by atoms with Gasteiger partial charge in [0.25, 0.3) is 0 Å². The number of carbonyl (C=O) groups is 2. The zero-order valence-electron chi connectivity index (χ0n) is 11.6. The fraction of sp³-hybridized carbons (Fsp3) is 0.615. The van der Waals surface area contributed by atoms with Gasteiger partial charge in [-0.3, -0.25) is 4.79 Å². The van der Waals surface area contributed by atoms with Gasteiger partial charge < -0.3 is 20.1 Å². The SMILES string of the molecule is CC(C)OCC(=O)NC1(c2ncc(C(=O)O)[nH]2)CCC1. The van der Waals surface area contributed by atoms with Gasteiger partial charge in [-0.15, -0.1) is 0 Å². The number of H-pyrrole nitrogens is 1. The largest absolute Gasteiger partial charge is 0.477 e. The summed E-state index contributed by atoms with van der Waals surface area (Å²) in [4.78, 5) is 29.6. The molecule has 0 radical (unpaired) electrons. The van der Waals surface area contributed by atoms with Crippen LogP contribution in [0, 0.1) is 0 Å². The lowest BCUT2D eigenvalue weighted by molar-refractivity contribution is -0.130. The summed E-state index contributed by atoms with van der Waals surface area (Å²) in [5.41, 5.74) is -0.551. The average molecular weight is 281 g/mol. The number of rotatable bonds is 6. The number of imidazole rings is 1.